The molecule has 1 unspecified atom stereocenters. The van der Waals surface area contributed by atoms with Crippen LogP contribution < -0.4 is 10.6 Å². The van der Waals surface area contributed by atoms with Crippen LogP contribution in [-0.2, 0) is 0 Å². The van der Waals surface area contributed by atoms with E-state index in [0.29, 0.717) is 0 Å². The van der Waals surface area contributed by atoms with Crippen LogP contribution in [0.2, 0.25) is 0 Å². The quantitative estimate of drug-likeness (QED) is 0.778. The second kappa shape index (κ2) is 8.28. The fourth-order valence-electron chi connectivity index (χ4n) is 3.19. The number of nitrogen functional groups attached to an aromatic ring is 1. The minimum Gasteiger partial charge on any atom is -0.399 e. The van der Waals surface area contributed by atoms with Gasteiger partial charge in [0.1, 0.15) is 0 Å². The maximum Gasteiger partial charge on any atom is 0.0387 e. The summed E-state index contributed by atoms with van der Waals surface area (Å²) < 4.78 is 0. The highest BCUT2D eigenvalue weighted by Gasteiger charge is 2.19. The smallest absolute Gasteiger partial charge is 0.0387 e. The van der Waals surface area contributed by atoms with Crippen molar-refractivity contribution in [2.24, 2.45) is 5.92 Å². The number of benzene rings is 1. The van der Waals surface area contributed by atoms with Crippen molar-refractivity contribution in [2.75, 3.05) is 43.4 Å². The first kappa shape index (κ1) is 16.2. The largest absolute Gasteiger partial charge is 0.399 e. The van der Waals surface area contributed by atoms with Crippen molar-refractivity contribution in [1.82, 2.24) is 4.90 Å². The number of nitrogens with zero attached hydrogens (tertiary/aromatic N) is 2. The molecule has 1 saturated heterocycles. The Balaban J connectivity index is 1.80. The Morgan fingerprint density at radius 1 is 1.14 bits per heavy atom. The van der Waals surface area contributed by atoms with Crippen molar-refractivity contribution in [2.45, 2.75) is 39.5 Å². The van der Waals surface area contributed by atoms with Gasteiger partial charge in [0.05, 0.1) is 0 Å². The number of piperazine rings is 1. The van der Waals surface area contributed by atoms with Gasteiger partial charge in [-0.3, -0.25) is 4.90 Å². The minimum absolute atomic E-state index is 0.862. The van der Waals surface area contributed by atoms with Crippen molar-refractivity contribution >= 4 is 11.4 Å². The molecule has 1 aliphatic rings. The summed E-state index contributed by atoms with van der Waals surface area (Å²) in [5.74, 6) is 0.879. The predicted octanol–water partition coefficient (Wildman–Crippen LogP) is 3.61. The molecule has 0 aliphatic carbocycles. The lowest BCUT2D eigenvalue weighted by atomic mass is 9.98. The third kappa shape index (κ3) is 4.92. The normalized spacial score (nSPS) is 17.9. The average Bonchev–Trinajstić information content (AvgIpc) is 2.52. The highest BCUT2D eigenvalue weighted by Crippen LogP contribution is 2.20. The molecule has 118 valence electrons. The zero-order chi connectivity index (χ0) is 15.1. The van der Waals surface area contributed by atoms with Gasteiger partial charge in [-0.1, -0.05) is 39.2 Å². The van der Waals surface area contributed by atoms with Crippen molar-refractivity contribution in [3.8, 4) is 0 Å². The fraction of sp³-hybridized carbons (Fsp3) is 0.667. The molecule has 21 heavy (non-hydrogen) atoms. The Morgan fingerprint density at radius 2 is 1.90 bits per heavy atom. The zero-order valence-electron chi connectivity index (χ0n) is 13.7. The lowest BCUT2D eigenvalue weighted by Crippen LogP contribution is -2.47. The number of hydrogen-bond acceptors (Lipinski definition) is 3. The Morgan fingerprint density at radius 3 is 2.52 bits per heavy atom. The molecule has 3 heteroatoms. The van der Waals surface area contributed by atoms with E-state index in [2.05, 4.69) is 41.8 Å². The molecule has 3 nitrogen and oxygen atoms in total. The topological polar surface area (TPSA) is 32.5 Å². The van der Waals surface area contributed by atoms with E-state index in [1.165, 1.54) is 51.0 Å². The van der Waals surface area contributed by atoms with E-state index >= 15 is 0 Å². The summed E-state index contributed by atoms with van der Waals surface area (Å²) in [4.78, 5) is 5.10. The van der Waals surface area contributed by atoms with Gasteiger partial charge in [0.15, 0.2) is 0 Å². The van der Waals surface area contributed by atoms with Crippen LogP contribution in [0.3, 0.4) is 0 Å². The van der Waals surface area contributed by atoms with Crippen molar-refractivity contribution in [3.05, 3.63) is 24.3 Å². The van der Waals surface area contributed by atoms with Crippen LogP contribution in [0, 0.1) is 5.92 Å². The number of anilines is 2. The summed E-state index contributed by atoms with van der Waals surface area (Å²) in [6, 6.07) is 8.27. The average molecular weight is 289 g/mol. The molecular formula is C18H31N3. The third-order valence-corrected chi connectivity index (χ3v) is 4.67. The first-order chi connectivity index (χ1) is 10.2. The van der Waals surface area contributed by atoms with Crippen LogP contribution in [0.25, 0.3) is 0 Å². The zero-order valence-corrected chi connectivity index (χ0v) is 13.7. The van der Waals surface area contributed by atoms with Gasteiger partial charge in [-0.25, -0.2) is 0 Å². The lowest BCUT2D eigenvalue weighted by molar-refractivity contribution is 0.208. The second-order valence-electron chi connectivity index (χ2n) is 6.30. The molecule has 2 rings (SSSR count). The fourth-order valence-corrected chi connectivity index (χ4v) is 3.19. The van der Waals surface area contributed by atoms with Gasteiger partial charge in [0.25, 0.3) is 0 Å². The maximum atomic E-state index is 5.89. The number of rotatable bonds is 7. The summed E-state index contributed by atoms with van der Waals surface area (Å²) in [6.07, 6.45) is 5.40. The van der Waals surface area contributed by atoms with Crippen LogP contribution in [0.4, 0.5) is 11.4 Å². The summed E-state index contributed by atoms with van der Waals surface area (Å²) in [5, 5.41) is 0. The molecule has 0 saturated carbocycles. The molecule has 0 radical (unpaired) electrons. The van der Waals surface area contributed by atoms with Crippen LogP contribution in [0.1, 0.15) is 39.5 Å². The molecule has 1 aliphatic heterocycles. The van der Waals surface area contributed by atoms with E-state index in [1.54, 1.807) is 0 Å². The van der Waals surface area contributed by atoms with E-state index in [-0.39, 0.29) is 0 Å². The van der Waals surface area contributed by atoms with E-state index in [4.69, 9.17) is 5.73 Å². The SMILES string of the molecule is CCCCC(CC)CN1CCN(c2cccc(N)c2)CC1. The van der Waals surface area contributed by atoms with E-state index in [1.807, 2.05) is 6.07 Å². The summed E-state index contributed by atoms with van der Waals surface area (Å²) in [5.41, 5.74) is 8.02. The van der Waals surface area contributed by atoms with Crippen LogP contribution in [0.5, 0.6) is 0 Å². The minimum atomic E-state index is 0.862. The Labute approximate surface area is 130 Å². The molecule has 1 atom stereocenters. The van der Waals surface area contributed by atoms with Gasteiger partial charge >= 0.3 is 0 Å². The highest BCUT2D eigenvalue weighted by atomic mass is 15.3. The monoisotopic (exact) mass is 289 g/mol. The van der Waals surface area contributed by atoms with Gasteiger partial charge in [-0.15, -0.1) is 0 Å². The first-order valence-electron chi connectivity index (χ1n) is 8.55. The van der Waals surface area contributed by atoms with Gasteiger partial charge in [-0.2, -0.15) is 0 Å². The van der Waals surface area contributed by atoms with Crippen LogP contribution in [-0.4, -0.2) is 37.6 Å². The second-order valence-corrected chi connectivity index (χ2v) is 6.30. The highest BCUT2D eigenvalue weighted by molar-refractivity contribution is 5.56. The Hall–Kier alpha value is -1.22. The third-order valence-electron chi connectivity index (χ3n) is 4.67. The number of unbranched alkanes of at least 4 members (excludes halogenated alkanes) is 1. The Kier molecular flexibility index (Phi) is 6.37. The number of nitrogens with two attached hydrogens (primary N) is 1. The van der Waals surface area contributed by atoms with E-state index < -0.39 is 0 Å². The van der Waals surface area contributed by atoms with Crippen LogP contribution in [0.15, 0.2) is 24.3 Å². The standard InChI is InChI=1S/C18H31N3/c1-3-5-7-16(4-2)15-20-10-12-21(13-11-20)18-9-6-8-17(19)14-18/h6,8-9,14,16H,3-5,7,10-13,15,19H2,1-2H3. The molecule has 2 N–H and O–H groups in total. The molecule has 1 heterocycles. The van der Waals surface area contributed by atoms with Crippen molar-refractivity contribution in [3.63, 3.8) is 0 Å². The molecule has 1 fully saturated rings. The first-order valence-corrected chi connectivity index (χ1v) is 8.55. The summed E-state index contributed by atoms with van der Waals surface area (Å²) in [7, 11) is 0. The molecule has 0 spiro atoms. The molecule has 1 aromatic rings. The summed E-state index contributed by atoms with van der Waals surface area (Å²) in [6.45, 7) is 10.5. The molecule has 0 aromatic heterocycles. The van der Waals surface area contributed by atoms with Crippen molar-refractivity contribution in [1.29, 1.82) is 0 Å². The van der Waals surface area contributed by atoms with E-state index in [0.717, 1.165) is 24.7 Å². The molecule has 0 bridgehead atoms. The summed E-state index contributed by atoms with van der Waals surface area (Å²) >= 11 is 0. The predicted molar refractivity (Wildman–Crippen MR) is 92.8 cm³/mol. The molecule has 1 aromatic carbocycles. The molecule has 0 amide bonds. The Bertz CT molecular complexity index is 411. The van der Waals surface area contributed by atoms with Gasteiger partial charge in [0.2, 0.25) is 0 Å². The van der Waals surface area contributed by atoms with Gasteiger partial charge < -0.3 is 10.6 Å². The van der Waals surface area contributed by atoms with Gasteiger partial charge in [0, 0.05) is 44.1 Å². The van der Waals surface area contributed by atoms with Crippen molar-refractivity contribution < 1.29 is 0 Å². The van der Waals surface area contributed by atoms with Gasteiger partial charge in [-0.05, 0) is 30.5 Å². The van der Waals surface area contributed by atoms with Crippen LogP contribution >= 0.6 is 0 Å². The number of hydrogen-bond donors (Lipinski definition) is 1. The lowest BCUT2D eigenvalue weighted by Gasteiger charge is -2.37. The van der Waals surface area contributed by atoms with E-state index in [9.17, 15) is 0 Å². The molecular weight excluding hydrogens is 258 g/mol. The maximum absolute atomic E-state index is 5.89.